The Hall–Kier alpha value is -0.800. The van der Waals surface area contributed by atoms with Crippen LogP contribution in [-0.2, 0) is 19.1 Å². The molecule has 39 heavy (non-hydrogen) atoms. The number of carbonyl (C=O) groups is 2. The predicted molar refractivity (Wildman–Crippen MR) is 144 cm³/mol. The zero-order valence-electron chi connectivity index (χ0n) is 22.4. The topological polar surface area (TPSA) is 116 Å². The number of ether oxygens (including phenoxy) is 2. The highest BCUT2D eigenvalue weighted by Crippen LogP contribution is 2.38. The van der Waals surface area contributed by atoms with Crippen molar-refractivity contribution in [3.63, 3.8) is 0 Å². The van der Waals surface area contributed by atoms with E-state index in [0.29, 0.717) is 51.6 Å². The largest absolute Gasteiger partial charge is 0.380 e. The average Bonchev–Trinajstić information content (AvgIpc) is 3.47. The number of fused-ring (bicyclic) bond motifs is 1. The van der Waals surface area contributed by atoms with E-state index in [1.807, 2.05) is 4.90 Å². The van der Waals surface area contributed by atoms with E-state index >= 15 is 0 Å². The Morgan fingerprint density at radius 1 is 1.08 bits per heavy atom. The SMILES string of the molecule is COC1CNC(Cl)CC1C1CC(C)NCC1C(=O)NC1NC2CN(C(=O)C3CCC(OC(F)F)NC3)CC2S1. The van der Waals surface area contributed by atoms with Crippen molar-refractivity contribution in [3.8, 4) is 0 Å². The molecule has 5 rings (SSSR count). The molecule has 0 bridgehead atoms. The van der Waals surface area contributed by atoms with Gasteiger partial charge in [0.2, 0.25) is 11.8 Å². The molecule has 10 nitrogen and oxygen atoms in total. The summed E-state index contributed by atoms with van der Waals surface area (Å²) in [7, 11) is 1.72. The summed E-state index contributed by atoms with van der Waals surface area (Å²) in [6, 6.07) is 0.416. The second-order valence-corrected chi connectivity index (χ2v) is 13.4. The summed E-state index contributed by atoms with van der Waals surface area (Å²) in [5, 5.41) is 16.6. The van der Waals surface area contributed by atoms with Crippen molar-refractivity contribution >= 4 is 35.2 Å². The van der Waals surface area contributed by atoms with Crippen LogP contribution in [-0.4, -0.2) is 104 Å². The van der Waals surface area contributed by atoms with Crippen LogP contribution in [0, 0.1) is 23.7 Å². The van der Waals surface area contributed by atoms with Crippen LogP contribution in [0.2, 0.25) is 0 Å². The second kappa shape index (κ2) is 13.0. The number of piperidine rings is 3. The minimum Gasteiger partial charge on any atom is -0.380 e. The van der Waals surface area contributed by atoms with Gasteiger partial charge >= 0.3 is 6.61 Å². The molecule has 11 unspecified atom stereocenters. The number of rotatable bonds is 7. The number of alkyl halides is 3. The summed E-state index contributed by atoms with van der Waals surface area (Å²) in [5.41, 5.74) is -0.329. The lowest BCUT2D eigenvalue weighted by Crippen LogP contribution is -2.57. The fourth-order valence-corrected chi connectivity index (χ4v) is 8.69. The number of amides is 2. The smallest absolute Gasteiger partial charge is 0.346 e. The minimum absolute atomic E-state index is 0.0227. The first-order chi connectivity index (χ1) is 18.7. The molecular weight excluding hydrogens is 554 g/mol. The van der Waals surface area contributed by atoms with Crippen molar-refractivity contribution in [2.75, 3.05) is 39.8 Å². The minimum atomic E-state index is -2.82. The molecule has 5 aliphatic rings. The van der Waals surface area contributed by atoms with Gasteiger partial charge in [0.05, 0.1) is 23.4 Å². The molecule has 5 saturated heterocycles. The third kappa shape index (κ3) is 6.99. The molecule has 5 fully saturated rings. The summed E-state index contributed by atoms with van der Waals surface area (Å²) in [4.78, 5) is 28.5. The fraction of sp³-hybridized carbons (Fsp3) is 0.920. The van der Waals surface area contributed by atoms with Crippen molar-refractivity contribution in [1.82, 2.24) is 31.5 Å². The Morgan fingerprint density at radius 3 is 2.59 bits per heavy atom. The summed E-state index contributed by atoms with van der Waals surface area (Å²) < 4.78 is 35.2. The zero-order valence-corrected chi connectivity index (χ0v) is 24.0. The number of nitrogens with one attached hydrogen (secondary N) is 5. The Bertz CT molecular complexity index is 860. The first-order valence-corrected chi connectivity index (χ1v) is 15.4. The summed E-state index contributed by atoms with van der Waals surface area (Å²) in [6.07, 6.45) is 1.88. The van der Waals surface area contributed by atoms with Crippen molar-refractivity contribution in [3.05, 3.63) is 0 Å². The molecular formula is C25H41ClF2N6O4S. The van der Waals surface area contributed by atoms with E-state index in [1.54, 1.807) is 18.9 Å². The lowest BCUT2D eigenvalue weighted by atomic mass is 9.70. The lowest BCUT2D eigenvalue weighted by Gasteiger charge is -2.45. The van der Waals surface area contributed by atoms with Gasteiger partial charge in [0.1, 0.15) is 11.7 Å². The van der Waals surface area contributed by atoms with E-state index in [4.69, 9.17) is 16.3 Å². The molecule has 14 heteroatoms. The van der Waals surface area contributed by atoms with E-state index in [0.717, 1.165) is 12.8 Å². The van der Waals surface area contributed by atoms with Crippen LogP contribution < -0.4 is 26.6 Å². The van der Waals surface area contributed by atoms with Crippen LogP contribution in [0.5, 0.6) is 0 Å². The molecule has 0 aromatic rings. The number of carbonyl (C=O) groups excluding carboxylic acids is 2. The maximum Gasteiger partial charge on any atom is 0.346 e. The van der Waals surface area contributed by atoms with E-state index in [9.17, 15) is 18.4 Å². The quantitative estimate of drug-likeness (QED) is 0.214. The highest BCUT2D eigenvalue weighted by molar-refractivity contribution is 8.00. The molecule has 11 atom stereocenters. The van der Waals surface area contributed by atoms with Crippen LogP contribution in [0.3, 0.4) is 0 Å². The van der Waals surface area contributed by atoms with Gasteiger partial charge in [-0.3, -0.25) is 25.5 Å². The standard InChI is InChI=1S/C25H41ClF2N6O4S/c1-12-5-14(15-6-20(26)30-9-18(15)37-2)16(8-29-12)22(35)33-25-32-17-10-34(11-19(17)39-25)23(36)13-3-4-21(31-7-13)38-24(27)28/h12-21,24-25,29-32H,3-11H2,1-2H3,(H,33,35). The van der Waals surface area contributed by atoms with Crippen molar-refractivity contribution < 1.29 is 27.8 Å². The second-order valence-electron chi connectivity index (χ2n) is 11.5. The number of methoxy groups -OCH3 is 1. The van der Waals surface area contributed by atoms with E-state index < -0.39 is 12.8 Å². The lowest BCUT2D eigenvalue weighted by molar-refractivity contribution is -0.179. The van der Waals surface area contributed by atoms with Gasteiger partial charge in [-0.1, -0.05) is 0 Å². The maximum absolute atomic E-state index is 13.6. The highest BCUT2D eigenvalue weighted by atomic mass is 35.5. The molecule has 0 spiro atoms. The Morgan fingerprint density at radius 2 is 1.90 bits per heavy atom. The van der Waals surface area contributed by atoms with E-state index in [1.165, 1.54) is 0 Å². The number of halogens is 3. The molecule has 0 saturated carbocycles. The van der Waals surface area contributed by atoms with Crippen molar-refractivity contribution in [2.24, 2.45) is 23.7 Å². The number of nitrogens with zero attached hydrogens (tertiary/aromatic N) is 1. The molecule has 5 heterocycles. The van der Waals surface area contributed by atoms with Gasteiger partial charge in [0.15, 0.2) is 0 Å². The van der Waals surface area contributed by atoms with Crippen LogP contribution in [0.25, 0.3) is 0 Å². The Labute approximate surface area is 237 Å². The van der Waals surface area contributed by atoms with E-state index in [2.05, 4.69) is 38.2 Å². The number of thioether (sulfide) groups is 1. The van der Waals surface area contributed by atoms with Crippen LogP contribution in [0.4, 0.5) is 8.78 Å². The van der Waals surface area contributed by atoms with Crippen LogP contribution in [0.1, 0.15) is 32.6 Å². The van der Waals surface area contributed by atoms with Crippen LogP contribution in [0.15, 0.2) is 0 Å². The molecule has 2 amide bonds. The Kier molecular flexibility index (Phi) is 9.91. The van der Waals surface area contributed by atoms with Crippen LogP contribution >= 0.6 is 23.4 Å². The van der Waals surface area contributed by atoms with Gasteiger partial charge in [-0.2, -0.15) is 8.78 Å². The normalized spacial score (nSPS) is 42.9. The van der Waals surface area contributed by atoms with Gasteiger partial charge in [-0.25, -0.2) is 0 Å². The number of likely N-dealkylation sites (tertiary alicyclic amines) is 1. The van der Waals surface area contributed by atoms with Crippen molar-refractivity contribution in [2.45, 2.75) is 79.9 Å². The van der Waals surface area contributed by atoms with Gasteiger partial charge < -0.3 is 25.0 Å². The summed E-state index contributed by atoms with van der Waals surface area (Å²) >= 11 is 8.12. The van der Waals surface area contributed by atoms with Gasteiger partial charge in [0, 0.05) is 57.2 Å². The van der Waals surface area contributed by atoms with Gasteiger partial charge in [-0.05, 0) is 44.4 Å². The van der Waals surface area contributed by atoms with E-state index in [-0.39, 0.29) is 63.9 Å². The molecule has 0 aromatic heterocycles. The average molecular weight is 595 g/mol. The molecule has 0 aliphatic carbocycles. The third-order valence-corrected chi connectivity index (χ3v) is 10.7. The summed E-state index contributed by atoms with van der Waals surface area (Å²) in [5.74, 6) is 0.0393. The third-order valence-electron chi connectivity index (χ3n) is 9.03. The highest BCUT2D eigenvalue weighted by Gasteiger charge is 2.47. The monoisotopic (exact) mass is 594 g/mol. The first kappa shape index (κ1) is 29.7. The Balaban J connectivity index is 1.12. The number of hydrogen-bond donors (Lipinski definition) is 5. The maximum atomic E-state index is 13.6. The van der Waals surface area contributed by atoms with Gasteiger partial charge in [-0.15, -0.1) is 23.4 Å². The van der Waals surface area contributed by atoms with Gasteiger partial charge in [0.25, 0.3) is 0 Å². The molecule has 5 N–H and O–H groups in total. The molecule has 0 aromatic carbocycles. The summed E-state index contributed by atoms with van der Waals surface area (Å²) in [6.45, 7) is 2.15. The molecule has 5 aliphatic heterocycles. The number of hydrogen-bond acceptors (Lipinski definition) is 9. The zero-order chi connectivity index (χ0) is 27.7. The predicted octanol–water partition coefficient (Wildman–Crippen LogP) is 0.671. The molecule has 222 valence electrons. The van der Waals surface area contributed by atoms with Crippen molar-refractivity contribution in [1.29, 1.82) is 0 Å². The molecule has 0 radical (unpaired) electrons. The first-order valence-electron chi connectivity index (χ1n) is 14.0. The fourth-order valence-electron chi connectivity index (χ4n) is 6.99.